The van der Waals surface area contributed by atoms with Gasteiger partial charge in [0, 0.05) is 0 Å². The standard InChI is InChI=1S/C7H5ClN2O/c8-7(11)10-9-6-4-2-1-3-5-6/h1-5H. The molecule has 0 aliphatic heterocycles. The van der Waals surface area contributed by atoms with Crippen LogP contribution in [0.2, 0.25) is 0 Å². The Bertz CT molecular complexity index is 271. The lowest BCUT2D eigenvalue weighted by Crippen LogP contribution is -1.68. The number of nitrogens with zero attached hydrogens (tertiary/aromatic N) is 2. The van der Waals surface area contributed by atoms with Gasteiger partial charge in [-0.25, -0.2) is 0 Å². The Labute approximate surface area is 68.7 Å². The monoisotopic (exact) mass is 168 g/mol. The summed E-state index contributed by atoms with van der Waals surface area (Å²) in [5, 5.41) is 5.88. The number of hydrogen-bond donors (Lipinski definition) is 0. The fraction of sp³-hybridized carbons (Fsp3) is 0. The van der Waals surface area contributed by atoms with E-state index < -0.39 is 5.37 Å². The van der Waals surface area contributed by atoms with Crippen LogP contribution in [0.5, 0.6) is 0 Å². The first-order valence-electron chi connectivity index (χ1n) is 2.95. The van der Waals surface area contributed by atoms with Crippen LogP contribution in [0.1, 0.15) is 0 Å². The van der Waals surface area contributed by atoms with Crippen molar-refractivity contribution in [1.82, 2.24) is 0 Å². The summed E-state index contributed by atoms with van der Waals surface area (Å²) in [4.78, 5) is 10.1. The molecule has 0 spiro atoms. The maximum absolute atomic E-state index is 10.1. The minimum Gasteiger partial charge on any atom is -0.251 e. The highest BCUT2D eigenvalue weighted by Gasteiger charge is 1.88. The number of benzene rings is 1. The molecule has 1 rings (SSSR count). The smallest absolute Gasteiger partial charge is 0.251 e. The lowest BCUT2D eigenvalue weighted by atomic mass is 10.3. The van der Waals surface area contributed by atoms with Crippen molar-refractivity contribution >= 4 is 22.7 Å². The molecular formula is C7H5ClN2O. The van der Waals surface area contributed by atoms with E-state index in [0.717, 1.165) is 0 Å². The van der Waals surface area contributed by atoms with Crippen LogP contribution >= 0.6 is 11.6 Å². The first-order valence-corrected chi connectivity index (χ1v) is 3.33. The van der Waals surface area contributed by atoms with Gasteiger partial charge in [0.2, 0.25) is 0 Å². The summed E-state index contributed by atoms with van der Waals surface area (Å²) >= 11 is 4.93. The molecule has 0 aromatic heterocycles. The molecule has 56 valence electrons. The highest BCUT2D eigenvalue weighted by molar-refractivity contribution is 6.63. The molecule has 0 aliphatic rings. The van der Waals surface area contributed by atoms with Crippen LogP contribution < -0.4 is 0 Å². The van der Waals surface area contributed by atoms with Crippen molar-refractivity contribution < 1.29 is 4.79 Å². The van der Waals surface area contributed by atoms with Gasteiger partial charge in [-0.1, -0.05) is 23.3 Å². The molecule has 1 aromatic rings. The number of rotatable bonds is 1. The summed E-state index contributed by atoms with van der Waals surface area (Å²) in [6, 6.07) is 8.90. The van der Waals surface area contributed by atoms with Gasteiger partial charge < -0.3 is 0 Å². The van der Waals surface area contributed by atoms with Crippen LogP contribution in [-0.2, 0) is 0 Å². The summed E-state index contributed by atoms with van der Waals surface area (Å²) in [7, 11) is 0. The first-order chi connectivity index (χ1) is 5.29. The Morgan fingerprint density at radius 2 is 1.91 bits per heavy atom. The number of halogens is 1. The van der Waals surface area contributed by atoms with Crippen molar-refractivity contribution in [1.29, 1.82) is 0 Å². The number of amides is 1. The molecule has 0 N–H and O–H groups in total. The summed E-state index contributed by atoms with van der Waals surface area (Å²) in [5.41, 5.74) is 0.613. The van der Waals surface area contributed by atoms with Gasteiger partial charge in [-0.15, -0.1) is 5.11 Å². The van der Waals surface area contributed by atoms with E-state index in [4.69, 9.17) is 11.6 Å². The minimum atomic E-state index is -0.811. The zero-order chi connectivity index (χ0) is 8.10. The lowest BCUT2D eigenvalue weighted by Gasteiger charge is -1.85. The molecule has 0 unspecified atom stereocenters. The number of azo groups is 1. The molecule has 0 saturated heterocycles. The predicted molar refractivity (Wildman–Crippen MR) is 42.2 cm³/mol. The van der Waals surface area contributed by atoms with Crippen LogP contribution in [0.3, 0.4) is 0 Å². The molecule has 0 radical (unpaired) electrons. The van der Waals surface area contributed by atoms with Gasteiger partial charge in [0.15, 0.2) is 0 Å². The summed E-state index contributed by atoms with van der Waals surface area (Å²) < 4.78 is 0. The van der Waals surface area contributed by atoms with Crippen LogP contribution in [0.4, 0.5) is 10.5 Å². The van der Waals surface area contributed by atoms with Crippen LogP contribution in [0, 0.1) is 0 Å². The second-order valence-corrected chi connectivity index (χ2v) is 2.11. The zero-order valence-electron chi connectivity index (χ0n) is 5.57. The largest absolute Gasteiger partial charge is 0.358 e. The molecule has 0 atom stereocenters. The third-order valence-corrected chi connectivity index (χ3v) is 1.08. The van der Waals surface area contributed by atoms with Crippen LogP contribution in [0.25, 0.3) is 0 Å². The fourth-order valence-corrected chi connectivity index (χ4v) is 0.630. The normalized spacial score (nSPS) is 10.3. The van der Waals surface area contributed by atoms with Crippen molar-refractivity contribution in [3.8, 4) is 0 Å². The average molecular weight is 169 g/mol. The summed E-state index contributed by atoms with van der Waals surface area (Å²) in [6.45, 7) is 0. The Hall–Kier alpha value is -1.22. The van der Waals surface area contributed by atoms with Crippen molar-refractivity contribution in [2.24, 2.45) is 10.2 Å². The molecule has 0 heterocycles. The van der Waals surface area contributed by atoms with Gasteiger partial charge in [-0.3, -0.25) is 4.79 Å². The third-order valence-electron chi connectivity index (χ3n) is 1.00. The van der Waals surface area contributed by atoms with Crippen LogP contribution in [-0.4, -0.2) is 5.37 Å². The van der Waals surface area contributed by atoms with E-state index in [1.165, 1.54) is 0 Å². The van der Waals surface area contributed by atoms with E-state index >= 15 is 0 Å². The Kier molecular flexibility index (Phi) is 2.74. The van der Waals surface area contributed by atoms with E-state index in [9.17, 15) is 4.79 Å². The van der Waals surface area contributed by atoms with Gasteiger partial charge >= 0.3 is 5.37 Å². The molecule has 1 amide bonds. The van der Waals surface area contributed by atoms with E-state index in [1.807, 2.05) is 6.07 Å². The average Bonchev–Trinajstić information content (AvgIpc) is 2.03. The molecule has 0 bridgehead atoms. The van der Waals surface area contributed by atoms with Crippen molar-refractivity contribution in [3.63, 3.8) is 0 Å². The van der Waals surface area contributed by atoms with Gasteiger partial charge in [-0.05, 0) is 23.7 Å². The lowest BCUT2D eigenvalue weighted by molar-refractivity contribution is 0.265. The summed E-state index contributed by atoms with van der Waals surface area (Å²) in [5.74, 6) is 0. The predicted octanol–water partition coefficient (Wildman–Crippen LogP) is 3.13. The van der Waals surface area contributed by atoms with Gasteiger partial charge in [0.05, 0.1) is 5.69 Å². The summed E-state index contributed by atoms with van der Waals surface area (Å²) in [6.07, 6.45) is 0. The minimum absolute atomic E-state index is 0.613. The van der Waals surface area contributed by atoms with Gasteiger partial charge in [0.25, 0.3) is 0 Å². The van der Waals surface area contributed by atoms with Crippen molar-refractivity contribution in [2.75, 3.05) is 0 Å². The van der Waals surface area contributed by atoms with Crippen molar-refractivity contribution in [2.45, 2.75) is 0 Å². The molecule has 0 fully saturated rings. The van der Waals surface area contributed by atoms with E-state index in [2.05, 4.69) is 10.2 Å². The molecule has 4 heteroatoms. The maximum Gasteiger partial charge on any atom is 0.358 e. The molecule has 3 nitrogen and oxygen atoms in total. The van der Waals surface area contributed by atoms with E-state index in [0.29, 0.717) is 5.69 Å². The zero-order valence-corrected chi connectivity index (χ0v) is 6.32. The topological polar surface area (TPSA) is 41.8 Å². The maximum atomic E-state index is 10.1. The van der Waals surface area contributed by atoms with Crippen molar-refractivity contribution in [3.05, 3.63) is 30.3 Å². The molecule has 1 aromatic carbocycles. The molecule has 0 saturated carbocycles. The quantitative estimate of drug-likeness (QED) is 0.361. The second kappa shape index (κ2) is 3.83. The highest BCUT2D eigenvalue weighted by Crippen LogP contribution is 2.10. The Balaban J connectivity index is 2.72. The Morgan fingerprint density at radius 3 is 2.45 bits per heavy atom. The SMILES string of the molecule is O=C(Cl)N=Nc1ccccc1. The van der Waals surface area contributed by atoms with Crippen LogP contribution in [0.15, 0.2) is 40.6 Å². The number of hydrogen-bond acceptors (Lipinski definition) is 2. The number of carbonyl (C=O) groups is 1. The van der Waals surface area contributed by atoms with Gasteiger partial charge in [0.1, 0.15) is 0 Å². The van der Waals surface area contributed by atoms with Gasteiger partial charge in [-0.2, -0.15) is 0 Å². The third kappa shape index (κ3) is 2.91. The van der Waals surface area contributed by atoms with E-state index in [-0.39, 0.29) is 0 Å². The second-order valence-electron chi connectivity index (χ2n) is 1.79. The fourth-order valence-electron chi connectivity index (χ4n) is 0.592. The highest BCUT2D eigenvalue weighted by atomic mass is 35.5. The molecule has 0 aliphatic carbocycles. The molecular weight excluding hydrogens is 164 g/mol. The van der Waals surface area contributed by atoms with E-state index in [1.54, 1.807) is 24.3 Å². The first kappa shape index (κ1) is 7.88. The Morgan fingerprint density at radius 1 is 1.27 bits per heavy atom. The molecule has 11 heavy (non-hydrogen) atoms. The number of carbonyl (C=O) groups excluding carboxylic acids is 1.